The van der Waals surface area contributed by atoms with E-state index in [2.05, 4.69) is 31.6 Å². The second-order valence-corrected chi connectivity index (χ2v) is 5.70. The quantitative estimate of drug-likeness (QED) is 0.509. The number of hydroxylamine groups is 1. The van der Waals surface area contributed by atoms with Gasteiger partial charge in [-0.2, -0.15) is 18.7 Å². The van der Waals surface area contributed by atoms with E-state index in [-0.39, 0.29) is 11.7 Å². The molecule has 0 amide bonds. The van der Waals surface area contributed by atoms with Crippen LogP contribution in [0.5, 0.6) is 0 Å². The van der Waals surface area contributed by atoms with E-state index in [0.29, 0.717) is 12.1 Å². The van der Waals surface area contributed by atoms with Crippen molar-refractivity contribution in [1.82, 2.24) is 26.7 Å². The van der Waals surface area contributed by atoms with Gasteiger partial charge in [0.15, 0.2) is 0 Å². The molecule has 0 bridgehead atoms. The first kappa shape index (κ1) is 17.5. The van der Waals surface area contributed by atoms with Crippen molar-refractivity contribution in [3.8, 4) is 0 Å². The molecule has 6 nitrogen and oxygen atoms in total. The minimum absolute atomic E-state index is 0.0722. The van der Waals surface area contributed by atoms with Crippen LogP contribution in [0.4, 0.5) is 17.6 Å². The minimum atomic E-state index is -4.57. The van der Waals surface area contributed by atoms with Crippen LogP contribution in [0.1, 0.15) is 17.3 Å². The van der Waals surface area contributed by atoms with E-state index in [1.807, 2.05) is 0 Å². The number of hydrogen-bond donors (Lipinski definition) is 5. The molecule has 2 saturated heterocycles. The van der Waals surface area contributed by atoms with Crippen molar-refractivity contribution in [1.29, 1.82) is 0 Å². The van der Waals surface area contributed by atoms with Crippen molar-refractivity contribution in [3.63, 3.8) is 0 Å². The molecule has 2 aliphatic rings. The van der Waals surface area contributed by atoms with E-state index in [0.717, 1.165) is 19.6 Å². The molecular formula is C14H19F4N5O. The summed E-state index contributed by atoms with van der Waals surface area (Å²) < 4.78 is 51.9. The standard InChI is InChI=1S/C14H19F4N5O/c15-10-5-8(6-21-11-7-19-3-4-20-11)1-2-9(10)12-22-13(24-23-12)14(16,17)18/h1-2,5,11-13,19-23H,3-4,6-7H2. The molecule has 2 aliphatic heterocycles. The maximum atomic E-state index is 14.2. The molecule has 0 aliphatic carbocycles. The van der Waals surface area contributed by atoms with Crippen molar-refractivity contribution < 1.29 is 22.4 Å². The SMILES string of the molecule is Fc1cc(CNC2CNCCN2)ccc1C1NOC(C(F)(F)F)N1. The van der Waals surface area contributed by atoms with Gasteiger partial charge in [0.25, 0.3) is 0 Å². The van der Waals surface area contributed by atoms with E-state index < -0.39 is 24.4 Å². The molecule has 0 aromatic heterocycles. The van der Waals surface area contributed by atoms with Gasteiger partial charge in [-0.05, 0) is 11.6 Å². The molecule has 0 spiro atoms. The van der Waals surface area contributed by atoms with E-state index in [1.54, 1.807) is 6.07 Å². The number of hydrogen-bond acceptors (Lipinski definition) is 6. The van der Waals surface area contributed by atoms with Gasteiger partial charge in [-0.15, -0.1) is 0 Å². The number of nitrogens with one attached hydrogen (secondary N) is 5. The van der Waals surface area contributed by atoms with Gasteiger partial charge in [0.1, 0.15) is 12.0 Å². The van der Waals surface area contributed by atoms with Gasteiger partial charge in [0, 0.05) is 31.7 Å². The van der Waals surface area contributed by atoms with Crippen LogP contribution < -0.4 is 26.7 Å². The molecule has 24 heavy (non-hydrogen) atoms. The van der Waals surface area contributed by atoms with Crippen molar-refractivity contribution >= 4 is 0 Å². The topological polar surface area (TPSA) is 69.4 Å². The fraction of sp³-hybridized carbons (Fsp3) is 0.571. The van der Waals surface area contributed by atoms with E-state index in [1.165, 1.54) is 12.1 Å². The summed E-state index contributed by atoms with van der Waals surface area (Å²) >= 11 is 0. The van der Waals surface area contributed by atoms with Crippen LogP contribution in [0.3, 0.4) is 0 Å². The van der Waals surface area contributed by atoms with Crippen molar-refractivity contribution in [2.75, 3.05) is 19.6 Å². The fourth-order valence-electron chi connectivity index (χ4n) is 2.62. The maximum Gasteiger partial charge on any atom is 0.430 e. The maximum absolute atomic E-state index is 14.2. The first-order valence-corrected chi connectivity index (χ1v) is 7.63. The lowest BCUT2D eigenvalue weighted by molar-refractivity contribution is -0.224. The van der Waals surface area contributed by atoms with Gasteiger partial charge in [-0.3, -0.25) is 20.8 Å². The second kappa shape index (κ2) is 7.30. The third-order valence-corrected chi connectivity index (χ3v) is 3.89. The summed E-state index contributed by atoms with van der Waals surface area (Å²) in [6.45, 7) is 2.98. The monoisotopic (exact) mass is 349 g/mol. The van der Waals surface area contributed by atoms with Gasteiger partial charge in [0.2, 0.25) is 6.23 Å². The second-order valence-electron chi connectivity index (χ2n) is 5.70. The molecule has 1 aromatic carbocycles. The largest absolute Gasteiger partial charge is 0.430 e. The van der Waals surface area contributed by atoms with Gasteiger partial charge < -0.3 is 5.32 Å². The Morgan fingerprint density at radius 2 is 2.08 bits per heavy atom. The number of alkyl halides is 3. The van der Waals surface area contributed by atoms with Gasteiger partial charge in [0.05, 0.1) is 6.17 Å². The molecule has 1 aromatic rings. The summed E-state index contributed by atoms with van der Waals surface area (Å²) in [5.41, 5.74) is 2.94. The molecule has 5 N–H and O–H groups in total. The molecule has 0 radical (unpaired) electrons. The molecule has 3 rings (SSSR count). The third kappa shape index (κ3) is 4.21. The Bertz CT molecular complexity index is 565. The summed E-state index contributed by atoms with van der Waals surface area (Å²) in [6, 6.07) is 4.43. The summed E-state index contributed by atoms with van der Waals surface area (Å²) in [7, 11) is 0. The highest BCUT2D eigenvalue weighted by Crippen LogP contribution is 2.28. The molecule has 2 fully saturated rings. The number of benzene rings is 1. The van der Waals surface area contributed by atoms with Gasteiger partial charge in [-0.25, -0.2) is 4.39 Å². The van der Waals surface area contributed by atoms with Crippen LogP contribution in [0.2, 0.25) is 0 Å². The Balaban J connectivity index is 1.58. The number of rotatable bonds is 4. The Morgan fingerprint density at radius 3 is 2.71 bits per heavy atom. The molecule has 2 heterocycles. The normalized spacial score (nSPS) is 28.2. The van der Waals surface area contributed by atoms with Crippen molar-refractivity contribution in [2.45, 2.75) is 31.3 Å². The molecule has 10 heteroatoms. The Morgan fingerprint density at radius 1 is 1.25 bits per heavy atom. The van der Waals surface area contributed by atoms with E-state index in [9.17, 15) is 17.6 Å². The first-order chi connectivity index (χ1) is 11.4. The van der Waals surface area contributed by atoms with Gasteiger partial charge >= 0.3 is 6.18 Å². The van der Waals surface area contributed by atoms with E-state index >= 15 is 0 Å². The van der Waals surface area contributed by atoms with Crippen LogP contribution in [-0.4, -0.2) is 38.2 Å². The van der Waals surface area contributed by atoms with E-state index in [4.69, 9.17) is 0 Å². The number of halogens is 4. The van der Waals surface area contributed by atoms with Crippen molar-refractivity contribution in [2.24, 2.45) is 0 Å². The summed E-state index contributed by atoms with van der Waals surface area (Å²) in [5.74, 6) is -0.597. The molecule has 134 valence electrons. The molecule has 3 unspecified atom stereocenters. The molecule has 0 saturated carbocycles. The Kier molecular flexibility index (Phi) is 5.33. The third-order valence-electron chi connectivity index (χ3n) is 3.89. The fourth-order valence-corrected chi connectivity index (χ4v) is 2.62. The van der Waals surface area contributed by atoms with Gasteiger partial charge in [-0.1, -0.05) is 12.1 Å². The summed E-state index contributed by atoms with van der Waals surface area (Å²) in [6.07, 6.45) is -7.68. The minimum Gasteiger partial charge on any atom is -0.313 e. The van der Waals surface area contributed by atoms with Crippen molar-refractivity contribution in [3.05, 3.63) is 35.1 Å². The van der Waals surface area contributed by atoms with Crippen LogP contribution in [0.15, 0.2) is 18.2 Å². The number of piperazine rings is 1. The average Bonchev–Trinajstić information content (AvgIpc) is 3.04. The first-order valence-electron chi connectivity index (χ1n) is 7.63. The average molecular weight is 349 g/mol. The summed E-state index contributed by atoms with van der Waals surface area (Å²) in [5, 5.41) is 11.9. The lowest BCUT2D eigenvalue weighted by atomic mass is 10.1. The van der Waals surface area contributed by atoms with Crippen LogP contribution in [0.25, 0.3) is 0 Å². The Labute approximate surface area is 136 Å². The highest BCUT2D eigenvalue weighted by atomic mass is 19.4. The molecular weight excluding hydrogens is 330 g/mol. The van der Waals surface area contributed by atoms with Crippen LogP contribution >= 0.6 is 0 Å². The molecule has 3 atom stereocenters. The predicted molar refractivity (Wildman–Crippen MR) is 77.8 cm³/mol. The zero-order chi connectivity index (χ0) is 17.2. The highest BCUT2D eigenvalue weighted by molar-refractivity contribution is 5.27. The lowest BCUT2D eigenvalue weighted by Gasteiger charge is -2.25. The zero-order valence-electron chi connectivity index (χ0n) is 12.7. The zero-order valence-corrected chi connectivity index (χ0v) is 12.7. The Hall–Kier alpha value is -1.30. The van der Waals surface area contributed by atoms with Crippen LogP contribution in [0, 0.1) is 5.82 Å². The summed E-state index contributed by atoms with van der Waals surface area (Å²) in [4.78, 5) is 4.42. The highest BCUT2D eigenvalue weighted by Gasteiger charge is 2.46. The van der Waals surface area contributed by atoms with Crippen LogP contribution in [-0.2, 0) is 11.4 Å². The smallest absolute Gasteiger partial charge is 0.313 e. The lowest BCUT2D eigenvalue weighted by Crippen LogP contribution is -2.55. The predicted octanol–water partition coefficient (Wildman–Crippen LogP) is 0.446.